The highest BCUT2D eigenvalue weighted by molar-refractivity contribution is 6.06. The summed E-state index contributed by atoms with van der Waals surface area (Å²) >= 11 is 0. The predicted molar refractivity (Wildman–Crippen MR) is 80.5 cm³/mol. The average Bonchev–Trinajstić information content (AvgIpc) is 2.54. The molecule has 5 heteroatoms. The first-order valence-electron chi connectivity index (χ1n) is 6.36. The van der Waals surface area contributed by atoms with E-state index in [-0.39, 0.29) is 5.91 Å². The maximum absolute atomic E-state index is 12.3. The van der Waals surface area contributed by atoms with Crippen LogP contribution in [-0.2, 0) is 0 Å². The zero-order chi connectivity index (χ0) is 15.2. The first-order chi connectivity index (χ1) is 10.2. The van der Waals surface area contributed by atoms with E-state index in [2.05, 4.69) is 5.32 Å². The molecule has 2 rings (SSSR count). The molecule has 0 fully saturated rings. The number of hydrogen-bond acceptors (Lipinski definition) is 4. The van der Waals surface area contributed by atoms with Crippen LogP contribution in [0.2, 0.25) is 0 Å². The molecule has 1 N–H and O–H groups in total. The Kier molecular flexibility index (Phi) is 4.66. The number of para-hydroxylation sites is 1. The lowest BCUT2D eigenvalue weighted by Gasteiger charge is -2.12. The molecule has 2 aromatic rings. The van der Waals surface area contributed by atoms with Gasteiger partial charge < -0.3 is 19.5 Å². The fourth-order valence-corrected chi connectivity index (χ4v) is 1.94. The summed E-state index contributed by atoms with van der Waals surface area (Å²) in [6.07, 6.45) is 0. The van der Waals surface area contributed by atoms with Crippen molar-refractivity contribution in [2.75, 3.05) is 26.6 Å². The van der Waals surface area contributed by atoms with E-state index in [4.69, 9.17) is 14.2 Å². The fraction of sp³-hybridized carbons (Fsp3) is 0.188. The molecule has 0 aliphatic carbocycles. The largest absolute Gasteiger partial charge is 0.497 e. The molecule has 0 atom stereocenters. The minimum Gasteiger partial charge on any atom is -0.497 e. The molecule has 0 unspecified atom stereocenters. The van der Waals surface area contributed by atoms with Crippen molar-refractivity contribution >= 4 is 11.6 Å². The lowest BCUT2D eigenvalue weighted by Crippen LogP contribution is -2.13. The summed E-state index contributed by atoms with van der Waals surface area (Å²) in [5.74, 6) is 1.38. The third kappa shape index (κ3) is 3.25. The van der Waals surface area contributed by atoms with Crippen LogP contribution in [0.5, 0.6) is 17.2 Å². The average molecular weight is 287 g/mol. The molecule has 0 spiro atoms. The standard InChI is InChI=1S/C16H17NO4/c1-19-12-9-7-11(8-10-12)17-16(18)13-5-4-6-14(20-2)15(13)21-3/h4-10H,1-3H3,(H,17,18). The van der Waals surface area contributed by atoms with Crippen LogP contribution < -0.4 is 19.5 Å². The second-order valence-corrected chi connectivity index (χ2v) is 4.22. The van der Waals surface area contributed by atoms with Gasteiger partial charge in [0.2, 0.25) is 0 Å². The van der Waals surface area contributed by atoms with E-state index < -0.39 is 0 Å². The summed E-state index contributed by atoms with van der Waals surface area (Å²) in [6, 6.07) is 12.2. The van der Waals surface area contributed by atoms with E-state index in [0.29, 0.717) is 22.7 Å². The number of rotatable bonds is 5. The summed E-state index contributed by atoms with van der Waals surface area (Å²) < 4.78 is 15.5. The van der Waals surface area contributed by atoms with Crippen LogP contribution >= 0.6 is 0 Å². The third-order valence-electron chi connectivity index (χ3n) is 3.00. The van der Waals surface area contributed by atoms with Gasteiger partial charge in [-0.2, -0.15) is 0 Å². The normalized spacial score (nSPS) is 9.86. The number of ether oxygens (including phenoxy) is 3. The van der Waals surface area contributed by atoms with Crippen molar-refractivity contribution in [1.82, 2.24) is 0 Å². The predicted octanol–water partition coefficient (Wildman–Crippen LogP) is 2.96. The molecule has 5 nitrogen and oxygen atoms in total. The number of anilines is 1. The van der Waals surface area contributed by atoms with Crippen LogP contribution in [0.3, 0.4) is 0 Å². The molecular formula is C16H17NO4. The number of nitrogens with one attached hydrogen (secondary N) is 1. The molecule has 0 bridgehead atoms. The molecule has 0 aliphatic rings. The molecule has 0 aromatic heterocycles. The van der Waals surface area contributed by atoms with Crippen LogP contribution in [0, 0.1) is 0 Å². The highest BCUT2D eigenvalue weighted by atomic mass is 16.5. The van der Waals surface area contributed by atoms with Crippen molar-refractivity contribution < 1.29 is 19.0 Å². The van der Waals surface area contributed by atoms with E-state index in [1.54, 1.807) is 49.6 Å². The van der Waals surface area contributed by atoms with E-state index in [0.717, 1.165) is 5.75 Å². The van der Waals surface area contributed by atoms with Gasteiger partial charge >= 0.3 is 0 Å². The van der Waals surface area contributed by atoms with Gasteiger partial charge in [-0.3, -0.25) is 4.79 Å². The molecule has 0 aliphatic heterocycles. The van der Waals surface area contributed by atoms with Crippen LogP contribution in [0.1, 0.15) is 10.4 Å². The number of hydrogen-bond donors (Lipinski definition) is 1. The Morgan fingerprint density at radius 3 is 2.19 bits per heavy atom. The zero-order valence-electron chi connectivity index (χ0n) is 12.2. The Labute approximate surface area is 123 Å². The second-order valence-electron chi connectivity index (χ2n) is 4.22. The summed E-state index contributed by atoms with van der Waals surface area (Å²) in [4.78, 5) is 12.3. The van der Waals surface area contributed by atoms with Crippen molar-refractivity contribution in [3.05, 3.63) is 48.0 Å². The van der Waals surface area contributed by atoms with Crippen molar-refractivity contribution in [2.45, 2.75) is 0 Å². The minimum absolute atomic E-state index is 0.268. The lowest BCUT2D eigenvalue weighted by atomic mass is 10.1. The first-order valence-corrected chi connectivity index (χ1v) is 6.36. The Balaban J connectivity index is 2.23. The summed E-state index contributed by atoms with van der Waals surface area (Å²) in [5.41, 5.74) is 1.08. The number of benzene rings is 2. The Hall–Kier alpha value is -2.69. The molecule has 2 aromatic carbocycles. The quantitative estimate of drug-likeness (QED) is 0.918. The Bertz CT molecular complexity index is 623. The minimum atomic E-state index is -0.268. The van der Waals surface area contributed by atoms with Crippen LogP contribution in [-0.4, -0.2) is 27.2 Å². The van der Waals surface area contributed by atoms with Gasteiger partial charge in [-0.15, -0.1) is 0 Å². The van der Waals surface area contributed by atoms with E-state index in [1.165, 1.54) is 14.2 Å². The van der Waals surface area contributed by atoms with Gasteiger partial charge in [0.05, 0.1) is 26.9 Å². The highest BCUT2D eigenvalue weighted by Gasteiger charge is 2.16. The monoisotopic (exact) mass is 287 g/mol. The van der Waals surface area contributed by atoms with E-state index >= 15 is 0 Å². The van der Waals surface area contributed by atoms with Crippen molar-refractivity contribution in [3.8, 4) is 17.2 Å². The molecule has 21 heavy (non-hydrogen) atoms. The van der Waals surface area contributed by atoms with Crippen LogP contribution in [0.15, 0.2) is 42.5 Å². The second kappa shape index (κ2) is 6.65. The van der Waals surface area contributed by atoms with E-state index in [9.17, 15) is 4.79 Å². The maximum Gasteiger partial charge on any atom is 0.259 e. The molecule has 0 saturated carbocycles. The topological polar surface area (TPSA) is 56.8 Å². The van der Waals surface area contributed by atoms with Crippen molar-refractivity contribution in [2.24, 2.45) is 0 Å². The van der Waals surface area contributed by atoms with Crippen molar-refractivity contribution in [1.29, 1.82) is 0 Å². The molecule has 110 valence electrons. The molecule has 0 radical (unpaired) electrons. The van der Waals surface area contributed by atoms with Gasteiger partial charge in [-0.25, -0.2) is 0 Å². The molecule has 0 heterocycles. The number of carbonyl (C=O) groups is 1. The van der Waals surface area contributed by atoms with Gasteiger partial charge in [0.1, 0.15) is 5.75 Å². The van der Waals surface area contributed by atoms with Gasteiger partial charge in [0.25, 0.3) is 5.91 Å². The number of carbonyl (C=O) groups excluding carboxylic acids is 1. The summed E-state index contributed by atoms with van der Waals surface area (Å²) in [5, 5.41) is 2.81. The zero-order valence-corrected chi connectivity index (χ0v) is 12.2. The SMILES string of the molecule is COc1ccc(NC(=O)c2cccc(OC)c2OC)cc1. The van der Waals surface area contributed by atoms with Gasteiger partial charge in [-0.1, -0.05) is 6.07 Å². The fourth-order valence-electron chi connectivity index (χ4n) is 1.94. The summed E-state index contributed by atoms with van der Waals surface area (Å²) in [6.45, 7) is 0. The highest BCUT2D eigenvalue weighted by Crippen LogP contribution is 2.31. The number of amides is 1. The van der Waals surface area contributed by atoms with Crippen molar-refractivity contribution in [3.63, 3.8) is 0 Å². The lowest BCUT2D eigenvalue weighted by molar-refractivity contribution is 0.102. The van der Waals surface area contributed by atoms with Crippen LogP contribution in [0.4, 0.5) is 5.69 Å². The first kappa shape index (κ1) is 14.7. The Morgan fingerprint density at radius 1 is 0.905 bits per heavy atom. The third-order valence-corrected chi connectivity index (χ3v) is 3.00. The Morgan fingerprint density at radius 2 is 1.62 bits per heavy atom. The van der Waals surface area contributed by atoms with E-state index in [1.807, 2.05) is 0 Å². The molecule has 1 amide bonds. The smallest absolute Gasteiger partial charge is 0.259 e. The molecule has 0 saturated heterocycles. The molecular weight excluding hydrogens is 270 g/mol. The van der Waals surface area contributed by atoms with Gasteiger partial charge in [0.15, 0.2) is 11.5 Å². The maximum atomic E-state index is 12.3. The summed E-state index contributed by atoms with van der Waals surface area (Å²) in [7, 11) is 4.62. The van der Waals surface area contributed by atoms with Gasteiger partial charge in [-0.05, 0) is 36.4 Å². The number of methoxy groups -OCH3 is 3. The van der Waals surface area contributed by atoms with Gasteiger partial charge in [0, 0.05) is 5.69 Å². The van der Waals surface area contributed by atoms with Crippen LogP contribution in [0.25, 0.3) is 0 Å².